The first-order valence-electron chi connectivity index (χ1n) is 15.8. The Labute approximate surface area is 290 Å². The molecule has 2 saturated heterocycles. The van der Waals surface area contributed by atoms with E-state index >= 15 is 0 Å². The highest BCUT2D eigenvalue weighted by Crippen LogP contribution is 2.30. The molecule has 49 heavy (non-hydrogen) atoms. The molecule has 2 aromatic carbocycles. The van der Waals surface area contributed by atoms with Crippen LogP contribution in [-0.2, 0) is 16.6 Å². The minimum absolute atomic E-state index is 0.0457. The van der Waals surface area contributed by atoms with E-state index in [0.717, 1.165) is 30.0 Å². The summed E-state index contributed by atoms with van der Waals surface area (Å²) in [4.78, 5) is 80.0. The SMILES string of the molecule is CN1C[C@@H](Nc2cnn(C)c(=O)c2Br)C[C@@H](c2ccc(C(=O)N(C)CC#Cc3ccc4c(c3)C(=O)N(C3CCC(=O)NC3=O)C4=O)cc2)C1. The minimum Gasteiger partial charge on any atom is -0.379 e. The lowest BCUT2D eigenvalue weighted by Crippen LogP contribution is -2.54. The number of benzene rings is 2. The first kappa shape index (κ1) is 33.8. The van der Waals surface area contributed by atoms with Crippen LogP contribution >= 0.6 is 15.9 Å². The molecule has 252 valence electrons. The van der Waals surface area contributed by atoms with Crippen LogP contribution in [0.1, 0.15) is 67.4 Å². The van der Waals surface area contributed by atoms with Crippen molar-refractivity contribution in [2.75, 3.05) is 39.0 Å². The second-order valence-corrected chi connectivity index (χ2v) is 13.4. The molecule has 2 N–H and O–H groups in total. The van der Waals surface area contributed by atoms with Gasteiger partial charge in [0.1, 0.15) is 10.5 Å². The maximum atomic E-state index is 13.2. The molecule has 0 saturated carbocycles. The van der Waals surface area contributed by atoms with E-state index < -0.39 is 29.7 Å². The summed E-state index contributed by atoms with van der Waals surface area (Å²) in [5.41, 5.74) is 2.89. The molecule has 6 rings (SSSR count). The Balaban J connectivity index is 1.07. The first-order valence-corrected chi connectivity index (χ1v) is 16.6. The van der Waals surface area contributed by atoms with E-state index in [0.29, 0.717) is 21.3 Å². The Hall–Kier alpha value is -5.13. The Bertz CT molecular complexity index is 2000. The fraction of sp³-hybridized carbons (Fsp3) is 0.343. The van der Waals surface area contributed by atoms with Gasteiger partial charge >= 0.3 is 0 Å². The largest absolute Gasteiger partial charge is 0.379 e. The lowest BCUT2D eigenvalue weighted by atomic mass is 9.87. The molecule has 0 aliphatic carbocycles. The van der Waals surface area contributed by atoms with E-state index in [9.17, 15) is 28.8 Å². The van der Waals surface area contributed by atoms with Gasteiger partial charge in [-0.05, 0) is 77.6 Å². The molecule has 1 aromatic heterocycles. The molecular formula is C35H34BrN7O6. The number of hydrogen-bond donors (Lipinski definition) is 2. The fourth-order valence-corrected chi connectivity index (χ4v) is 6.97. The second kappa shape index (κ2) is 13.8. The maximum absolute atomic E-state index is 13.2. The number of nitrogens with zero attached hydrogens (tertiary/aromatic N) is 5. The van der Waals surface area contributed by atoms with Crippen LogP contribution in [0, 0.1) is 11.8 Å². The van der Waals surface area contributed by atoms with Crippen LogP contribution in [0.3, 0.4) is 0 Å². The summed E-state index contributed by atoms with van der Waals surface area (Å²) >= 11 is 3.39. The normalized spacial score (nSPS) is 20.7. The van der Waals surface area contributed by atoms with Crippen LogP contribution in [0.2, 0.25) is 0 Å². The molecule has 0 bridgehead atoms. The zero-order valence-corrected chi connectivity index (χ0v) is 28.7. The Morgan fingerprint density at radius 3 is 2.51 bits per heavy atom. The van der Waals surface area contributed by atoms with Crippen LogP contribution in [0.4, 0.5) is 5.69 Å². The number of carbonyl (C=O) groups is 5. The average molecular weight is 729 g/mol. The number of imide groups is 2. The summed E-state index contributed by atoms with van der Waals surface area (Å²) in [5.74, 6) is 3.66. The zero-order chi connectivity index (χ0) is 35.0. The van der Waals surface area contributed by atoms with Gasteiger partial charge in [0.15, 0.2) is 0 Å². The van der Waals surface area contributed by atoms with Gasteiger partial charge in [-0.25, -0.2) is 4.68 Å². The van der Waals surface area contributed by atoms with Gasteiger partial charge < -0.3 is 15.1 Å². The number of aryl methyl sites for hydroxylation is 1. The minimum atomic E-state index is -1.04. The van der Waals surface area contributed by atoms with E-state index in [1.54, 1.807) is 26.4 Å². The average Bonchev–Trinajstić information content (AvgIpc) is 3.32. The highest BCUT2D eigenvalue weighted by molar-refractivity contribution is 9.10. The Morgan fingerprint density at radius 1 is 1.04 bits per heavy atom. The molecule has 5 amide bonds. The highest BCUT2D eigenvalue weighted by Gasteiger charge is 2.44. The van der Waals surface area contributed by atoms with Gasteiger partial charge in [-0.3, -0.25) is 39.0 Å². The van der Waals surface area contributed by atoms with Crippen molar-refractivity contribution in [3.05, 3.63) is 91.3 Å². The van der Waals surface area contributed by atoms with Crippen molar-refractivity contribution in [3.63, 3.8) is 0 Å². The monoisotopic (exact) mass is 727 g/mol. The van der Waals surface area contributed by atoms with Crippen LogP contribution in [0.5, 0.6) is 0 Å². The van der Waals surface area contributed by atoms with Gasteiger partial charge in [-0.1, -0.05) is 24.0 Å². The molecular weight excluding hydrogens is 694 g/mol. The number of likely N-dealkylation sites (N-methyl/N-ethyl adjacent to an activating group) is 1. The summed E-state index contributed by atoms with van der Waals surface area (Å²) in [6, 6.07) is 11.3. The van der Waals surface area contributed by atoms with Gasteiger partial charge in [0, 0.05) is 50.8 Å². The van der Waals surface area contributed by atoms with Crippen molar-refractivity contribution in [3.8, 4) is 11.8 Å². The fourth-order valence-electron chi connectivity index (χ4n) is 6.50. The number of halogens is 1. The number of hydrogen-bond acceptors (Lipinski definition) is 9. The van der Waals surface area contributed by atoms with Crippen molar-refractivity contribution < 1.29 is 24.0 Å². The third kappa shape index (κ3) is 6.90. The first-order chi connectivity index (χ1) is 23.4. The number of aromatic nitrogens is 2. The van der Waals surface area contributed by atoms with E-state index in [1.165, 1.54) is 21.7 Å². The molecule has 0 radical (unpaired) electrons. The smallest absolute Gasteiger partial charge is 0.282 e. The Morgan fingerprint density at radius 2 is 1.78 bits per heavy atom. The Kier molecular flexibility index (Phi) is 9.49. The number of carbonyl (C=O) groups excluding carboxylic acids is 5. The summed E-state index contributed by atoms with van der Waals surface area (Å²) in [5, 5.41) is 9.77. The molecule has 4 heterocycles. The third-order valence-corrected chi connectivity index (χ3v) is 9.80. The molecule has 14 heteroatoms. The van der Waals surface area contributed by atoms with Crippen LogP contribution in [0.25, 0.3) is 0 Å². The number of nitrogens with one attached hydrogen (secondary N) is 2. The predicted octanol–water partition coefficient (Wildman–Crippen LogP) is 1.97. The lowest BCUT2D eigenvalue weighted by Gasteiger charge is -2.37. The third-order valence-electron chi connectivity index (χ3n) is 9.04. The maximum Gasteiger partial charge on any atom is 0.282 e. The number of fused-ring (bicyclic) bond motifs is 1. The number of piperidine rings is 2. The summed E-state index contributed by atoms with van der Waals surface area (Å²) in [7, 11) is 5.32. The molecule has 2 fully saturated rings. The number of likely N-dealkylation sites (tertiary alicyclic amines) is 1. The topological polar surface area (TPSA) is 154 Å². The van der Waals surface area contributed by atoms with Crippen LogP contribution in [0.15, 0.2) is 57.9 Å². The van der Waals surface area contributed by atoms with Crippen molar-refractivity contribution in [2.45, 2.75) is 37.3 Å². The van der Waals surface area contributed by atoms with Crippen molar-refractivity contribution in [1.82, 2.24) is 29.8 Å². The lowest BCUT2D eigenvalue weighted by molar-refractivity contribution is -0.136. The van der Waals surface area contributed by atoms with Gasteiger partial charge in [-0.2, -0.15) is 5.10 Å². The standard InChI is InChI=1S/C35H34BrN7O6/c1-40-18-23(16-24(19-40)38-27-17-37-42(3)35(49)30(27)36)21-7-9-22(10-8-21)32(46)41(2)14-4-5-20-6-11-25-26(15-20)34(48)43(33(25)47)28-12-13-29(44)39-31(28)45/h6-11,15,17,23-24,28,38H,12-14,16,18-19H2,1-3H3,(H,39,44,45)/t23-,24+,28?/m1/s1. The molecule has 1 unspecified atom stereocenters. The van der Waals surface area contributed by atoms with Crippen LogP contribution in [-0.4, -0.2) is 99.8 Å². The number of amides is 5. The van der Waals surface area contributed by atoms with Gasteiger partial charge in [0.25, 0.3) is 23.3 Å². The van der Waals surface area contributed by atoms with E-state index in [4.69, 9.17) is 0 Å². The van der Waals surface area contributed by atoms with Gasteiger partial charge in [0.05, 0.1) is 29.6 Å². The molecule has 3 aromatic rings. The van der Waals surface area contributed by atoms with E-state index in [1.807, 2.05) is 24.3 Å². The van der Waals surface area contributed by atoms with Crippen LogP contribution < -0.4 is 16.2 Å². The van der Waals surface area contributed by atoms with E-state index in [2.05, 4.69) is 55.5 Å². The summed E-state index contributed by atoms with van der Waals surface area (Å²) < 4.78 is 1.73. The molecule has 13 nitrogen and oxygen atoms in total. The van der Waals surface area contributed by atoms with Gasteiger partial charge in [-0.15, -0.1) is 0 Å². The number of anilines is 1. The van der Waals surface area contributed by atoms with E-state index in [-0.39, 0.29) is 53.9 Å². The quantitative estimate of drug-likeness (QED) is 0.287. The highest BCUT2D eigenvalue weighted by atomic mass is 79.9. The molecule has 3 atom stereocenters. The zero-order valence-electron chi connectivity index (χ0n) is 27.2. The summed E-state index contributed by atoms with van der Waals surface area (Å²) in [6.45, 7) is 1.79. The van der Waals surface area contributed by atoms with Crippen molar-refractivity contribution in [2.24, 2.45) is 7.05 Å². The van der Waals surface area contributed by atoms with Crippen molar-refractivity contribution >= 4 is 51.2 Å². The molecule has 3 aliphatic heterocycles. The molecule has 0 spiro atoms. The van der Waals surface area contributed by atoms with Gasteiger partial charge in [0.2, 0.25) is 11.8 Å². The predicted molar refractivity (Wildman–Crippen MR) is 183 cm³/mol. The number of rotatable bonds is 6. The van der Waals surface area contributed by atoms with Crippen molar-refractivity contribution in [1.29, 1.82) is 0 Å². The summed E-state index contributed by atoms with van der Waals surface area (Å²) in [6.07, 6.45) is 2.61. The molecule has 3 aliphatic rings. The second-order valence-electron chi connectivity index (χ2n) is 12.6.